The van der Waals surface area contributed by atoms with E-state index in [2.05, 4.69) is 46.4 Å². The molecule has 1 aliphatic rings. The molecule has 94 valence electrons. The van der Waals surface area contributed by atoms with Crippen LogP contribution in [0.1, 0.15) is 45.0 Å². The first-order chi connectivity index (χ1) is 8.08. The van der Waals surface area contributed by atoms with E-state index >= 15 is 0 Å². The second-order valence-corrected chi connectivity index (χ2v) is 6.12. The molecule has 0 bridgehead atoms. The first-order valence-corrected chi connectivity index (χ1v) is 7.15. The highest BCUT2D eigenvalue weighted by atomic mass is 127. The number of aromatic nitrogens is 2. The number of aromatic amines is 1. The summed E-state index contributed by atoms with van der Waals surface area (Å²) < 4.78 is 1.03. The lowest BCUT2D eigenvalue weighted by molar-refractivity contribution is -0.133. The molecule has 1 aliphatic heterocycles. The van der Waals surface area contributed by atoms with Gasteiger partial charge in [0, 0.05) is 13.0 Å². The average Bonchev–Trinajstić information content (AvgIpc) is 2.83. The van der Waals surface area contributed by atoms with Crippen molar-refractivity contribution in [1.82, 2.24) is 14.9 Å². The highest BCUT2D eigenvalue weighted by Crippen LogP contribution is 2.31. The Bertz CT molecular complexity index is 402. The molecule has 0 unspecified atom stereocenters. The molecular formula is C12H18IN3O. The number of hydrogen-bond acceptors (Lipinski definition) is 2. The third-order valence-corrected chi connectivity index (χ3v) is 3.58. The minimum atomic E-state index is 0.157. The zero-order valence-electron chi connectivity index (χ0n) is 10.2. The van der Waals surface area contributed by atoms with E-state index in [-0.39, 0.29) is 11.9 Å². The van der Waals surface area contributed by atoms with Gasteiger partial charge in [-0.1, -0.05) is 13.8 Å². The Labute approximate surface area is 115 Å². The van der Waals surface area contributed by atoms with Crippen molar-refractivity contribution >= 4 is 28.5 Å². The molecule has 2 rings (SSSR count). The monoisotopic (exact) mass is 347 g/mol. The zero-order chi connectivity index (χ0) is 12.4. The molecule has 1 N–H and O–H groups in total. The van der Waals surface area contributed by atoms with Gasteiger partial charge in [-0.05, 0) is 41.4 Å². The lowest BCUT2D eigenvalue weighted by Crippen LogP contribution is -2.31. The Morgan fingerprint density at radius 2 is 2.47 bits per heavy atom. The van der Waals surface area contributed by atoms with Gasteiger partial charge in [0.15, 0.2) is 0 Å². The topological polar surface area (TPSA) is 49.0 Å². The van der Waals surface area contributed by atoms with E-state index in [9.17, 15) is 4.79 Å². The maximum Gasteiger partial charge on any atom is 0.223 e. The van der Waals surface area contributed by atoms with Gasteiger partial charge in [0.25, 0.3) is 0 Å². The molecule has 1 amide bonds. The van der Waals surface area contributed by atoms with E-state index < -0.39 is 0 Å². The van der Waals surface area contributed by atoms with Crippen LogP contribution in [0.4, 0.5) is 0 Å². The fourth-order valence-corrected chi connectivity index (χ4v) is 2.71. The summed E-state index contributed by atoms with van der Waals surface area (Å²) in [6, 6.07) is 0.157. The standard InChI is InChI=1S/C12H18IN3O/c1-8(2)6-11(17)16-5-3-4-9(16)12-14-7-10(13)15-12/h7-9H,3-6H2,1-2H3,(H,14,15)/t9-/m0/s1. The number of halogens is 1. The summed E-state index contributed by atoms with van der Waals surface area (Å²) in [7, 11) is 0. The van der Waals surface area contributed by atoms with Crippen molar-refractivity contribution in [2.75, 3.05) is 6.54 Å². The van der Waals surface area contributed by atoms with Gasteiger partial charge in [-0.2, -0.15) is 0 Å². The molecule has 1 aromatic heterocycles. The van der Waals surface area contributed by atoms with E-state index in [4.69, 9.17) is 0 Å². The number of H-pyrrole nitrogens is 1. The summed E-state index contributed by atoms with van der Waals surface area (Å²) >= 11 is 2.21. The van der Waals surface area contributed by atoms with E-state index in [1.807, 2.05) is 11.1 Å². The summed E-state index contributed by atoms with van der Waals surface area (Å²) in [5.41, 5.74) is 0. The summed E-state index contributed by atoms with van der Waals surface area (Å²) in [5.74, 6) is 1.61. The van der Waals surface area contributed by atoms with E-state index in [0.29, 0.717) is 12.3 Å². The van der Waals surface area contributed by atoms with Crippen LogP contribution >= 0.6 is 22.6 Å². The van der Waals surface area contributed by atoms with Crippen LogP contribution in [-0.4, -0.2) is 27.3 Å². The van der Waals surface area contributed by atoms with Gasteiger partial charge in [0.1, 0.15) is 5.82 Å². The van der Waals surface area contributed by atoms with Crippen molar-refractivity contribution in [3.63, 3.8) is 0 Å². The van der Waals surface area contributed by atoms with Crippen LogP contribution < -0.4 is 0 Å². The van der Waals surface area contributed by atoms with Gasteiger partial charge in [-0.3, -0.25) is 4.79 Å². The Kier molecular flexibility index (Phi) is 4.06. The molecule has 1 fully saturated rings. The fraction of sp³-hybridized carbons (Fsp3) is 0.667. The lowest BCUT2D eigenvalue weighted by Gasteiger charge is -2.24. The van der Waals surface area contributed by atoms with Crippen LogP contribution in [0.2, 0.25) is 0 Å². The maximum absolute atomic E-state index is 12.1. The fourth-order valence-electron chi connectivity index (χ4n) is 2.30. The predicted molar refractivity (Wildman–Crippen MR) is 74.4 cm³/mol. The SMILES string of the molecule is CC(C)CC(=O)N1CCC[C@H]1c1ncc(I)[nH]1. The van der Waals surface area contributed by atoms with Crippen molar-refractivity contribution in [1.29, 1.82) is 0 Å². The summed E-state index contributed by atoms with van der Waals surface area (Å²) in [4.78, 5) is 21.7. The van der Waals surface area contributed by atoms with Crippen LogP contribution in [0.15, 0.2) is 6.20 Å². The second-order valence-electron chi connectivity index (χ2n) is 4.96. The van der Waals surface area contributed by atoms with Crippen molar-refractivity contribution < 1.29 is 4.79 Å². The van der Waals surface area contributed by atoms with E-state index in [0.717, 1.165) is 28.9 Å². The third-order valence-electron chi connectivity index (χ3n) is 3.04. The number of nitrogens with zero attached hydrogens (tertiary/aromatic N) is 2. The molecule has 1 aromatic rings. The molecule has 2 heterocycles. The smallest absolute Gasteiger partial charge is 0.223 e. The first-order valence-electron chi connectivity index (χ1n) is 6.08. The van der Waals surface area contributed by atoms with Crippen LogP contribution in [0.3, 0.4) is 0 Å². The summed E-state index contributed by atoms with van der Waals surface area (Å²) in [6.45, 7) is 5.03. The Morgan fingerprint density at radius 1 is 1.71 bits per heavy atom. The van der Waals surface area contributed by atoms with Gasteiger partial charge in [-0.15, -0.1) is 0 Å². The van der Waals surface area contributed by atoms with Crippen molar-refractivity contribution in [2.24, 2.45) is 5.92 Å². The minimum Gasteiger partial charge on any atom is -0.336 e. The molecule has 1 atom stereocenters. The van der Waals surface area contributed by atoms with Gasteiger partial charge in [-0.25, -0.2) is 4.98 Å². The molecule has 17 heavy (non-hydrogen) atoms. The molecule has 5 heteroatoms. The molecule has 4 nitrogen and oxygen atoms in total. The molecule has 0 radical (unpaired) electrons. The Hall–Kier alpha value is -0.590. The predicted octanol–water partition coefficient (Wildman–Crippen LogP) is 2.72. The van der Waals surface area contributed by atoms with E-state index in [1.165, 1.54) is 0 Å². The van der Waals surface area contributed by atoms with Crippen molar-refractivity contribution in [2.45, 2.75) is 39.2 Å². The van der Waals surface area contributed by atoms with Crippen molar-refractivity contribution in [3.8, 4) is 0 Å². The van der Waals surface area contributed by atoms with Gasteiger partial charge >= 0.3 is 0 Å². The molecule has 0 aliphatic carbocycles. The summed E-state index contributed by atoms with van der Waals surface area (Å²) in [6.07, 6.45) is 4.55. The normalized spacial score (nSPS) is 20.2. The van der Waals surface area contributed by atoms with E-state index in [1.54, 1.807) is 0 Å². The highest BCUT2D eigenvalue weighted by Gasteiger charge is 2.31. The minimum absolute atomic E-state index is 0.157. The average molecular weight is 347 g/mol. The quantitative estimate of drug-likeness (QED) is 0.855. The molecule has 1 saturated heterocycles. The molecule has 0 aromatic carbocycles. The largest absolute Gasteiger partial charge is 0.336 e. The first kappa shape index (κ1) is 12.9. The van der Waals surface area contributed by atoms with Gasteiger partial charge < -0.3 is 9.88 Å². The number of likely N-dealkylation sites (tertiary alicyclic amines) is 1. The number of nitrogens with one attached hydrogen (secondary N) is 1. The lowest BCUT2D eigenvalue weighted by atomic mass is 10.1. The number of carbonyl (C=O) groups excluding carboxylic acids is 1. The number of hydrogen-bond donors (Lipinski definition) is 1. The second kappa shape index (κ2) is 5.37. The van der Waals surface area contributed by atoms with Crippen LogP contribution in [0, 0.1) is 9.62 Å². The number of amides is 1. The Balaban J connectivity index is 2.09. The molecule has 0 saturated carbocycles. The van der Waals surface area contributed by atoms with Gasteiger partial charge in [0.2, 0.25) is 5.91 Å². The highest BCUT2D eigenvalue weighted by molar-refractivity contribution is 14.1. The van der Waals surface area contributed by atoms with Crippen LogP contribution in [0.25, 0.3) is 0 Å². The van der Waals surface area contributed by atoms with Crippen LogP contribution in [-0.2, 0) is 4.79 Å². The zero-order valence-corrected chi connectivity index (χ0v) is 12.4. The number of rotatable bonds is 3. The summed E-state index contributed by atoms with van der Waals surface area (Å²) in [5, 5.41) is 0. The van der Waals surface area contributed by atoms with Crippen LogP contribution in [0.5, 0.6) is 0 Å². The Morgan fingerprint density at radius 3 is 3.06 bits per heavy atom. The number of carbonyl (C=O) groups is 1. The van der Waals surface area contributed by atoms with Gasteiger partial charge in [0.05, 0.1) is 15.9 Å². The number of imidazole rings is 1. The van der Waals surface area contributed by atoms with Crippen molar-refractivity contribution in [3.05, 3.63) is 15.7 Å². The third kappa shape index (κ3) is 3.00. The molecular weight excluding hydrogens is 329 g/mol. The maximum atomic E-state index is 12.1. The molecule has 0 spiro atoms.